The summed E-state index contributed by atoms with van der Waals surface area (Å²) < 4.78 is 11.8. The van der Waals surface area contributed by atoms with E-state index in [1.54, 1.807) is 7.11 Å². The van der Waals surface area contributed by atoms with Gasteiger partial charge >= 0.3 is 0 Å². The van der Waals surface area contributed by atoms with Gasteiger partial charge in [-0.15, -0.1) is 24.0 Å². The molecule has 6 heteroatoms. The molecule has 0 spiro atoms. The van der Waals surface area contributed by atoms with Crippen LogP contribution in [-0.4, -0.2) is 32.3 Å². The van der Waals surface area contributed by atoms with E-state index in [1.807, 2.05) is 19.2 Å². The number of ether oxygens (including phenoxy) is 2. The maximum absolute atomic E-state index is 6.30. The number of halogens is 1. The summed E-state index contributed by atoms with van der Waals surface area (Å²) in [7, 11) is 3.53. The summed E-state index contributed by atoms with van der Waals surface area (Å²) in [4.78, 5) is 4.36. The van der Waals surface area contributed by atoms with E-state index in [0.717, 1.165) is 35.9 Å². The van der Waals surface area contributed by atoms with E-state index in [-0.39, 0.29) is 24.0 Å². The van der Waals surface area contributed by atoms with Crippen molar-refractivity contribution in [2.24, 2.45) is 4.99 Å². The Hall–Kier alpha value is -1.18. The first-order valence-electron chi connectivity index (χ1n) is 9.60. The number of para-hydroxylation sites is 1. The number of hydrogen-bond acceptors (Lipinski definition) is 3. The topological polar surface area (TPSA) is 54.9 Å². The first kappa shape index (κ1) is 21.1. The fourth-order valence-electron chi connectivity index (χ4n) is 3.80. The first-order chi connectivity index (χ1) is 12.3. The number of aliphatic imine (C=N–C) groups is 1. The molecule has 3 rings (SSSR count). The van der Waals surface area contributed by atoms with Gasteiger partial charge in [-0.25, -0.2) is 0 Å². The molecule has 1 aromatic rings. The van der Waals surface area contributed by atoms with Crippen LogP contribution < -0.4 is 20.1 Å². The molecule has 0 atom stereocenters. The summed E-state index contributed by atoms with van der Waals surface area (Å²) in [6.07, 6.45) is 10.2. The molecule has 0 bridgehead atoms. The van der Waals surface area contributed by atoms with Crippen molar-refractivity contribution in [2.45, 2.75) is 70.1 Å². The van der Waals surface area contributed by atoms with Gasteiger partial charge in [-0.2, -0.15) is 0 Å². The number of benzene rings is 1. The Labute approximate surface area is 174 Å². The molecule has 26 heavy (non-hydrogen) atoms. The van der Waals surface area contributed by atoms with Gasteiger partial charge in [0.25, 0.3) is 0 Å². The molecular formula is C20H32IN3O2. The number of guanidine groups is 1. The molecule has 0 saturated heterocycles. The Morgan fingerprint density at radius 2 is 1.81 bits per heavy atom. The van der Waals surface area contributed by atoms with E-state index in [2.05, 4.69) is 21.7 Å². The van der Waals surface area contributed by atoms with E-state index in [0.29, 0.717) is 18.7 Å². The van der Waals surface area contributed by atoms with Gasteiger partial charge in [0.1, 0.15) is 0 Å². The standard InChI is InChI=1S/C20H31N3O2.HI/c1-21-20(23-16-9-3-4-10-16)22-14-15-8-7-13-18(24-2)19(15)25-17-11-5-6-12-17;/h7-8,13,16-17H,3-6,9-12,14H2,1-2H3,(H2,21,22,23);1H. The molecular weight excluding hydrogens is 441 g/mol. The van der Waals surface area contributed by atoms with E-state index in [4.69, 9.17) is 9.47 Å². The fraction of sp³-hybridized carbons (Fsp3) is 0.650. The number of methoxy groups -OCH3 is 1. The van der Waals surface area contributed by atoms with Crippen LogP contribution in [-0.2, 0) is 6.54 Å². The van der Waals surface area contributed by atoms with Gasteiger partial charge in [0.05, 0.1) is 13.2 Å². The molecule has 0 radical (unpaired) electrons. The second kappa shape index (κ2) is 10.8. The summed E-state index contributed by atoms with van der Waals surface area (Å²) in [6.45, 7) is 0.672. The van der Waals surface area contributed by atoms with Crippen molar-refractivity contribution in [3.63, 3.8) is 0 Å². The van der Waals surface area contributed by atoms with E-state index in [9.17, 15) is 0 Å². The molecule has 2 saturated carbocycles. The zero-order valence-corrected chi connectivity index (χ0v) is 18.3. The average Bonchev–Trinajstić information content (AvgIpc) is 3.33. The van der Waals surface area contributed by atoms with E-state index >= 15 is 0 Å². The Kier molecular flexibility index (Phi) is 8.81. The highest BCUT2D eigenvalue weighted by atomic mass is 127. The fourth-order valence-corrected chi connectivity index (χ4v) is 3.80. The summed E-state index contributed by atoms with van der Waals surface area (Å²) in [5.74, 6) is 2.55. The van der Waals surface area contributed by atoms with Crippen molar-refractivity contribution in [1.82, 2.24) is 10.6 Å². The lowest BCUT2D eigenvalue weighted by Crippen LogP contribution is -2.42. The minimum absolute atomic E-state index is 0. The minimum Gasteiger partial charge on any atom is -0.493 e. The second-order valence-electron chi connectivity index (χ2n) is 7.02. The highest BCUT2D eigenvalue weighted by Gasteiger charge is 2.21. The van der Waals surface area contributed by atoms with Crippen molar-refractivity contribution < 1.29 is 9.47 Å². The molecule has 2 aliphatic rings. The molecule has 0 amide bonds. The predicted molar refractivity (Wildman–Crippen MR) is 117 cm³/mol. The highest BCUT2D eigenvalue weighted by molar-refractivity contribution is 14.0. The smallest absolute Gasteiger partial charge is 0.191 e. The van der Waals surface area contributed by atoms with Crippen molar-refractivity contribution in [3.05, 3.63) is 23.8 Å². The summed E-state index contributed by atoms with van der Waals surface area (Å²) in [6, 6.07) is 6.64. The highest BCUT2D eigenvalue weighted by Crippen LogP contribution is 2.34. The Morgan fingerprint density at radius 1 is 1.12 bits per heavy atom. The number of rotatable bonds is 6. The summed E-state index contributed by atoms with van der Waals surface area (Å²) >= 11 is 0. The van der Waals surface area contributed by atoms with Crippen molar-refractivity contribution in [2.75, 3.05) is 14.2 Å². The zero-order chi connectivity index (χ0) is 17.5. The summed E-state index contributed by atoms with van der Waals surface area (Å²) in [5, 5.41) is 6.96. The van der Waals surface area contributed by atoms with Crippen LogP contribution in [0, 0.1) is 0 Å². The third-order valence-electron chi connectivity index (χ3n) is 5.23. The lowest BCUT2D eigenvalue weighted by molar-refractivity contribution is 0.198. The van der Waals surface area contributed by atoms with E-state index in [1.165, 1.54) is 38.5 Å². The van der Waals surface area contributed by atoms with Crippen LogP contribution in [0.25, 0.3) is 0 Å². The van der Waals surface area contributed by atoms with Gasteiger partial charge in [0, 0.05) is 25.2 Å². The lowest BCUT2D eigenvalue weighted by atomic mass is 10.1. The van der Waals surface area contributed by atoms with Crippen LogP contribution in [0.4, 0.5) is 0 Å². The molecule has 1 aromatic carbocycles. The van der Waals surface area contributed by atoms with Crippen LogP contribution in [0.15, 0.2) is 23.2 Å². The van der Waals surface area contributed by atoms with Crippen LogP contribution in [0.3, 0.4) is 0 Å². The van der Waals surface area contributed by atoms with Crippen LogP contribution in [0.5, 0.6) is 11.5 Å². The number of nitrogens with zero attached hydrogens (tertiary/aromatic N) is 1. The van der Waals surface area contributed by atoms with E-state index < -0.39 is 0 Å². The monoisotopic (exact) mass is 473 g/mol. The number of nitrogens with one attached hydrogen (secondary N) is 2. The van der Waals surface area contributed by atoms with Crippen LogP contribution in [0.2, 0.25) is 0 Å². The summed E-state index contributed by atoms with van der Waals surface area (Å²) in [5.41, 5.74) is 1.11. The average molecular weight is 473 g/mol. The van der Waals surface area contributed by atoms with Crippen molar-refractivity contribution in [1.29, 1.82) is 0 Å². The Morgan fingerprint density at radius 3 is 2.46 bits per heavy atom. The Balaban J connectivity index is 0.00000243. The molecule has 0 aliphatic heterocycles. The molecule has 0 aromatic heterocycles. The number of hydrogen-bond donors (Lipinski definition) is 2. The largest absolute Gasteiger partial charge is 0.493 e. The normalized spacial score (nSPS) is 18.5. The molecule has 0 heterocycles. The lowest BCUT2D eigenvalue weighted by Gasteiger charge is -2.21. The van der Waals surface area contributed by atoms with Gasteiger partial charge < -0.3 is 20.1 Å². The Bertz CT molecular complexity index is 582. The quantitative estimate of drug-likeness (QED) is 0.369. The molecule has 2 aliphatic carbocycles. The predicted octanol–water partition coefficient (Wildman–Crippen LogP) is 4.24. The van der Waals surface area contributed by atoms with Crippen LogP contribution >= 0.6 is 24.0 Å². The van der Waals surface area contributed by atoms with Gasteiger partial charge in [0.2, 0.25) is 0 Å². The molecule has 146 valence electrons. The minimum atomic E-state index is 0. The molecule has 2 N–H and O–H groups in total. The van der Waals surface area contributed by atoms with Crippen LogP contribution in [0.1, 0.15) is 56.9 Å². The van der Waals surface area contributed by atoms with Gasteiger partial charge in [0.15, 0.2) is 17.5 Å². The first-order valence-corrected chi connectivity index (χ1v) is 9.60. The second-order valence-corrected chi connectivity index (χ2v) is 7.02. The maximum atomic E-state index is 6.30. The third-order valence-corrected chi connectivity index (χ3v) is 5.23. The van der Waals surface area contributed by atoms with Gasteiger partial charge in [-0.1, -0.05) is 25.0 Å². The SMILES string of the molecule is CN=C(NCc1cccc(OC)c1OC1CCCC1)NC1CCCC1.I. The third kappa shape index (κ3) is 5.66. The van der Waals surface area contributed by atoms with Gasteiger partial charge in [-0.3, -0.25) is 4.99 Å². The molecule has 5 nitrogen and oxygen atoms in total. The van der Waals surface area contributed by atoms with Gasteiger partial charge in [-0.05, 0) is 44.6 Å². The molecule has 0 unspecified atom stereocenters. The van der Waals surface area contributed by atoms with Crippen molar-refractivity contribution in [3.8, 4) is 11.5 Å². The maximum Gasteiger partial charge on any atom is 0.191 e. The zero-order valence-electron chi connectivity index (χ0n) is 15.9. The van der Waals surface area contributed by atoms with Crippen molar-refractivity contribution >= 4 is 29.9 Å². The molecule has 2 fully saturated rings.